The van der Waals surface area contributed by atoms with E-state index in [9.17, 15) is 4.79 Å². The van der Waals surface area contributed by atoms with Gasteiger partial charge in [-0.05, 0) is 72.1 Å². The van der Waals surface area contributed by atoms with Gasteiger partial charge in [0.15, 0.2) is 0 Å². The molecule has 1 amide bonds. The molecule has 0 aliphatic heterocycles. The van der Waals surface area contributed by atoms with E-state index in [0.29, 0.717) is 24.5 Å². The molecule has 1 heterocycles. The summed E-state index contributed by atoms with van der Waals surface area (Å²) in [5.41, 5.74) is 4.48. The fourth-order valence-electron chi connectivity index (χ4n) is 3.15. The Morgan fingerprint density at radius 3 is 2.70 bits per heavy atom. The van der Waals surface area contributed by atoms with Crippen LogP contribution in [0, 0.1) is 13.8 Å². The third-order valence-electron chi connectivity index (χ3n) is 4.88. The van der Waals surface area contributed by atoms with Crippen molar-refractivity contribution < 1.29 is 14.3 Å². The number of aromatic nitrogens is 2. The van der Waals surface area contributed by atoms with E-state index in [1.54, 1.807) is 25.4 Å². The van der Waals surface area contributed by atoms with Crippen LogP contribution in [0.1, 0.15) is 39.7 Å². The highest BCUT2D eigenvalue weighted by Crippen LogP contribution is 2.25. The van der Waals surface area contributed by atoms with Crippen LogP contribution >= 0.6 is 15.9 Å². The van der Waals surface area contributed by atoms with Gasteiger partial charge in [0.1, 0.15) is 18.1 Å². The van der Waals surface area contributed by atoms with Gasteiger partial charge in [0.25, 0.3) is 5.91 Å². The van der Waals surface area contributed by atoms with E-state index in [0.717, 1.165) is 39.2 Å². The van der Waals surface area contributed by atoms with Crippen molar-refractivity contribution in [2.45, 2.75) is 40.5 Å². The molecule has 1 N–H and O–H groups in total. The number of hydrogen-bond donors (Lipinski definition) is 1. The van der Waals surface area contributed by atoms with Crippen molar-refractivity contribution in [1.29, 1.82) is 0 Å². The third kappa shape index (κ3) is 5.02. The zero-order valence-corrected chi connectivity index (χ0v) is 19.2. The van der Waals surface area contributed by atoms with Gasteiger partial charge in [-0.2, -0.15) is 5.10 Å². The van der Waals surface area contributed by atoms with Gasteiger partial charge in [-0.1, -0.05) is 12.1 Å². The molecule has 0 aliphatic carbocycles. The molecule has 0 spiro atoms. The molecule has 0 atom stereocenters. The molecular weight excluding hydrogens is 446 g/mol. The zero-order chi connectivity index (χ0) is 21.7. The summed E-state index contributed by atoms with van der Waals surface area (Å²) in [6.07, 6.45) is 1.74. The van der Waals surface area contributed by atoms with Crippen molar-refractivity contribution in [3.8, 4) is 11.5 Å². The van der Waals surface area contributed by atoms with Crippen molar-refractivity contribution in [2.75, 3.05) is 7.11 Å². The van der Waals surface area contributed by atoms with Crippen LogP contribution in [0.15, 0.2) is 47.1 Å². The zero-order valence-electron chi connectivity index (χ0n) is 17.7. The van der Waals surface area contributed by atoms with Gasteiger partial charge >= 0.3 is 0 Å². The lowest BCUT2D eigenvalue weighted by Crippen LogP contribution is -2.24. The van der Waals surface area contributed by atoms with Gasteiger partial charge in [0, 0.05) is 17.7 Å². The predicted molar refractivity (Wildman–Crippen MR) is 120 cm³/mol. The second kappa shape index (κ2) is 9.80. The Kier molecular flexibility index (Phi) is 7.15. The Hall–Kier alpha value is -2.80. The molecule has 0 saturated carbocycles. The molecule has 0 fully saturated rings. The molecule has 3 aromatic rings. The highest BCUT2D eigenvalue weighted by Gasteiger charge is 2.14. The Labute approximate surface area is 185 Å². The number of halogens is 1. The molecule has 1 aromatic heterocycles. The van der Waals surface area contributed by atoms with E-state index >= 15 is 0 Å². The first-order valence-corrected chi connectivity index (χ1v) is 10.6. The van der Waals surface area contributed by atoms with Crippen LogP contribution < -0.4 is 14.8 Å². The Morgan fingerprint density at radius 1 is 1.17 bits per heavy atom. The van der Waals surface area contributed by atoms with Gasteiger partial charge in [-0.3, -0.25) is 9.48 Å². The first kappa shape index (κ1) is 21.9. The summed E-state index contributed by atoms with van der Waals surface area (Å²) in [5, 5.41) is 7.23. The van der Waals surface area contributed by atoms with E-state index in [4.69, 9.17) is 9.47 Å². The minimum Gasteiger partial charge on any atom is -0.496 e. The molecule has 0 saturated heterocycles. The lowest BCUT2D eigenvalue weighted by molar-refractivity contribution is 0.0949. The number of methoxy groups -OCH3 is 1. The van der Waals surface area contributed by atoms with Crippen LogP contribution in [0.25, 0.3) is 0 Å². The first-order chi connectivity index (χ1) is 14.4. The fraction of sp³-hybridized carbons (Fsp3) is 0.304. The Bertz CT molecular complexity index is 1050. The smallest absolute Gasteiger partial charge is 0.251 e. The monoisotopic (exact) mass is 471 g/mol. The number of nitrogens with zero attached hydrogens (tertiary/aromatic N) is 2. The highest BCUT2D eigenvalue weighted by molar-refractivity contribution is 9.10. The number of rotatable bonds is 8. The van der Waals surface area contributed by atoms with Crippen molar-refractivity contribution in [3.63, 3.8) is 0 Å². The standard InChI is InChI=1S/C23H26BrN3O3/c1-5-27-20(19(24)12-26-27)13-25-23(28)17-8-9-21(29-4)18(11-17)14-30-22-10-15(2)6-7-16(22)3/h6-12H,5,13-14H2,1-4H3,(H,25,28). The maximum absolute atomic E-state index is 12.7. The van der Waals surface area contributed by atoms with E-state index in [1.165, 1.54) is 0 Å². The summed E-state index contributed by atoms with van der Waals surface area (Å²) in [4.78, 5) is 12.7. The Morgan fingerprint density at radius 2 is 1.97 bits per heavy atom. The summed E-state index contributed by atoms with van der Waals surface area (Å²) in [6, 6.07) is 11.4. The molecule has 158 valence electrons. The van der Waals surface area contributed by atoms with Gasteiger partial charge in [0.2, 0.25) is 0 Å². The predicted octanol–water partition coefficient (Wildman–Crippen LogP) is 4.80. The molecule has 0 aliphatic rings. The Balaban J connectivity index is 1.73. The first-order valence-electron chi connectivity index (χ1n) is 9.78. The van der Waals surface area contributed by atoms with Gasteiger partial charge in [-0.15, -0.1) is 0 Å². The largest absolute Gasteiger partial charge is 0.496 e. The molecule has 2 aromatic carbocycles. The number of benzene rings is 2. The molecule has 3 rings (SSSR count). The van der Waals surface area contributed by atoms with Gasteiger partial charge in [-0.25, -0.2) is 0 Å². The normalized spacial score (nSPS) is 10.7. The minimum atomic E-state index is -0.165. The van der Waals surface area contributed by atoms with Crippen LogP contribution in [0.4, 0.5) is 0 Å². The summed E-state index contributed by atoms with van der Waals surface area (Å²) >= 11 is 3.48. The molecule has 0 unspecified atom stereocenters. The summed E-state index contributed by atoms with van der Waals surface area (Å²) in [5.74, 6) is 1.34. The van der Waals surface area contributed by atoms with E-state index in [2.05, 4.69) is 32.4 Å². The topological polar surface area (TPSA) is 65.4 Å². The van der Waals surface area contributed by atoms with Gasteiger partial charge in [0.05, 0.1) is 30.0 Å². The molecule has 0 bridgehead atoms. The van der Waals surface area contributed by atoms with Crippen molar-refractivity contribution in [2.24, 2.45) is 0 Å². The van der Waals surface area contributed by atoms with Crippen LogP contribution in [0.3, 0.4) is 0 Å². The molecule has 6 nitrogen and oxygen atoms in total. The second-order valence-electron chi connectivity index (χ2n) is 7.02. The molecule has 7 heteroatoms. The lowest BCUT2D eigenvalue weighted by Gasteiger charge is -2.14. The number of carbonyl (C=O) groups is 1. The number of aryl methyl sites for hydroxylation is 3. The third-order valence-corrected chi connectivity index (χ3v) is 5.55. The van der Waals surface area contributed by atoms with Crippen molar-refractivity contribution in [1.82, 2.24) is 15.1 Å². The summed E-state index contributed by atoms with van der Waals surface area (Å²) in [6.45, 7) is 7.47. The summed E-state index contributed by atoms with van der Waals surface area (Å²) < 4.78 is 14.2. The number of hydrogen-bond acceptors (Lipinski definition) is 4. The highest BCUT2D eigenvalue weighted by atomic mass is 79.9. The van der Waals surface area contributed by atoms with E-state index in [-0.39, 0.29) is 5.91 Å². The lowest BCUT2D eigenvalue weighted by atomic mass is 10.1. The average Bonchev–Trinajstić information content (AvgIpc) is 3.11. The maximum atomic E-state index is 12.7. The minimum absolute atomic E-state index is 0.165. The number of amides is 1. The number of nitrogens with one attached hydrogen (secondary N) is 1. The second-order valence-corrected chi connectivity index (χ2v) is 7.88. The van der Waals surface area contributed by atoms with Crippen LogP contribution in [0.5, 0.6) is 11.5 Å². The number of ether oxygens (including phenoxy) is 2. The average molecular weight is 472 g/mol. The van der Waals surface area contributed by atoms with Crippen molar-refractivity contribution >= 4 is 21.8 Å². The van der Waals surface area contributed by atoms with Crippen LogP contribution in [-0.4, -0.2) is 22.8 Å². The fourth-order valence-corrected chi connectivity index (χ4v) is 3.59. The van der Waals surface area contributed by atoms with Crippen LogP contribution in [0.2, 0.25) is 0 Å². The maximum Gasteiger partial charge on any atom is 0.251 e. The van der Waals surface area contributed by atoms with Crippen molar-refractivity contribution in [3.05, 3.63) is 75.0 Å². The van der Waals surface area contributed by atoms with E-state index in [1.807, 2.05) is 43.7 Å². The number of carbonyl (C=O) groups excluding carboxylic acids is 1. The SMILES string of the molecule is CCn1ncc(Br)c1CNC(=O)c1ccc(OC)c(COc2cc(C)ccc2C)c1. The van der Waals surface area contributed by atoms with Gasteiger partial charge < -0.3 is 14.8 Å². The molecular formula is C23H26BrN3O3. The summed E-state index contributed by atoms with van der Waals surface area (Å²) in [7, 11) is 1.61. The van der Waals surface area contributed by atoms with E-state index < -0.39 is 0 Å². The van der Waals surface area contributed by atoms with Crippen LogP contribution in [-0.2, 0) is 19.7 Å². The molecule has 0 radical (unpaired) electrons. The molecule has 30 heavy (non-hydrogen) atoms. The quantitative estimate of drug-likeness (QED) is 0.512.